The highest BCUT2D eigenvalue weighted by Crippen LogP contribution is 2.33. The van der Waals surface area contributed by atoms with Gasteiger partial charge in [0.15, 0.2) is 0 Å². The van der Waals surface area contributed by atoms with Crippen molar-refractivity contribution >= 4 is 21.4 Å². The fraction of sp³-hybridized carbons (Fsp3) is 0.286. The first-order valence-electron chi connectivity index (χ1n) is 7.21. The van der Waals surface area contributed by atoms with Gasteiger partial charge in [-0.2, -0.15) is 9.29 Å². The lowest BCUT2D eigenvalue weighted by molar-refractivity contribution is 0.217. The Kier molecular flexibility index (Phi) is 3.66. The van der Waals surface area contributed by atoms with Crippen LogP contribution in [0.15, 0.2) is 39.3 Å². The van der Waals surface area contributed by atoms with Gasteiger partial charge in [-0.05, 0) is 25.1 Å². The van der Waals surface area contributed by atoms with E-state index in [2.05, 4.69) is 20.1 Å². The summed E-state index contributed by atoms with van der Waals surface area (Å²) < 4.78 is 32.0. The molecule has 0 amide bonds. The van der Waals surface area contributed by atoms with E-state index in [1.807, 2.05) is 6.92 Å². The van der Waals surface area contributed by atoms with E-state index in [1.54, 1.807) is 30.6 Å². The Bertz CT molecular complexity index is 961. The summed E-state index contributed by atoms with van der Waals surface area (Å²) in [4.78, 5) is 13.4. The van der Waals surface area contributed by atoms with Crippen LogP contribution in [0.2, 0.25) is 0 Å². The molecule has 0 aliphatic carbocycles. The SMILES string of the molecule is Cc1ccc(S(=O)(=O)N2CC(c3nc(-c4ncccn4)no3)C2)s1. The molecule has 3 aromatic rings. The fourth-order valence-corrected chi connectivity index (χ4v) is 5.34. The normalized spacial score (nSPS) is 16.2. The van der Waals surface area contributed by atoms with Crippen LogP contribution in [0.3, 0.4) is 0 Å². The third-order valence-electron chi connectivity index (χ3n) is 3.71. The van der Waals surface area contributed by atoms with Crippen molar-refractivity contribution in [1.82, 2.24) is 24.4 Å². The molecule has 0 bridgehead atoms. The Hall–Kier alpha value is -2.17. The number of hydrogen-bond acceptors (Lipinski definition) is 8. The second-order valence-corrected chi connectivity index (χ2v) is 8.87. The van der Waals surface area contributed by atoms with Crippen LogP contribution in [0.4, 0.5) is 0 Å². The number of rotatable bonds is 4. The number of aryl methyl sites for hydroxylation is 1. The molecule has 10 heteroatoms. The first kappa shape index (κ1) is 15.4. The molecule has 1 saturated heterocycles. The van der Waals surface area contributed by atoms with Crippen LogP contribution in [0.25, 0.3) is 11.6 Å². The van der Waals surface area contributed by atoms with Crippen LogP contribution in [0.1, 0.15) is 16.7 Å². The minimum atomic E-state index is -3.43. The van der Waals surface area contributed by atoms with Gasteiger partial charge in [-0.15, -0.1) is 11.3 Å². The summed E-state index contributed by atoms with van der Waals surface area (Å²) in [6, 6.07) is 5.14. The average molecular weight is 363 g/mol. The maximum absolute atomic E-state index is 12.5. The van der Waals surface area contributed by atoms with Crippen molar-refractivity contribution in [3.05, 3.63) is 41.4 Å². The first-order valence-corrected chi connectivity index (χ1v) is 9.47. The van der Waals surface area contributed by atoms with E-state index in [0.29, 0.717) is 34.8 Å². The van der Waals surface area contributed by atoms with Crippen molar-refractivity contribution < 1.29 is 12.9 Å². The Morgan fingerprint density at radius 2 is 1.96 bits per heavy atom. The quantitative estimate of drug-likeness (QED) is 0.695. The summed E-state index contributed by atoms with van der Waals surface area (Å²) in [7, 11) is -3.43. The summed E-state index contributed by atoms with van der Waals surface area (Å²) in [6.07, 6.45) is 3.19. The molecule has 0 radical (unpaired) electrons. The van der Waals surface area contributed by atoms with Crippen molar-refractivity contribution in [1.29, 1.82) is 0 Å². The van der Waals surface area contributed by atoms with Crippen molar-refractivity contribution in [2.45, 2.75) is 17.1 Å². The molecule has 124 valence electrons. The minimum Gasteiger partial charge on any atom is -0.338 e. The maximum Gasteiger partial charge on any atom is 0.252 e. The molecule has 0 unspecified atom stereocenters. The molecule has 24 heavy (non-hydrogen) atoms. The Morgan fingerprint density at radius 1 is 1.21 bits per heavy atom. The molecule has 4 heterocycles. The van der Waals surface area contributed by atoms with Crippen molar-refractivity contribution in [2.24, 2.45) is 0 Å². The third-order valence-corrected chi connectivity index (χ3v) is 7.01. The van der Waals surface area contributed by atoms with Crippen molar-refractivity contribution in [3.63, 3.8) is 0 Å². The molecule has 4 rings (SSSR count). The first-order chi connectivity index (χ1) is 11.5. The van der Waals surface area contributed by atoms with E-state index in [1.165, 1.54) is 15.6 Å². The molecule has 0 spiro atoms. The second-order valence-electron chi connectivity index (χ2n) is 5.41. The molecular formula is C14H13N5O3S2. The zero-order valence-electron chi connectivity index (χ0n) is 12.7. The lowest BCUT2D eigenvalue weighted by Crippen LogP contribution is -2.48. The number of hydrogen-bond donors (Lipinski definition) is 0. The molecule has 3 aromatic heterocycles. The van der Waals surface area contributed by atoms with Gasteiger partial charge in [0, 0.05) is 30.4 Å². The molecule has 8 nitrogen and oxygen atoms in total. The van der Waals surface area contributed by atoms with Crippen molar-refractivity contribution in [2.75, 3.05) is 13.1 Å². The highest BCUT2D eigenvalue weighted by atomic mass is 32.2. The molecule has 1 fully saturated rings. The van der Waals surface area contributed by atoms with Gasteiger partial charge in [-0.25, -0.2) is 18.4 Å². The monoisotopic (exact) mass is 363 g/mol. The molecule has 0 saturated carbocycles. The summed E-state index contributed by atoms with van der Waals surface area (Å²) in [6.45, 7) is 2.54. The minimum absolute atomic E-state index is 0.106. The maximum atomic E-state index is 12.5. The summed E-state index contributed by atoms with van der Waals surface area (Å²) in [5.41, 5.74) is 0. The van der Waals surface area contributed by atoms with Crippen LogP contribution in [0, 0.1) is 6.92 Å². The van der Waals surface area contributed by atoms with Crippen LogP contribution >= 0.6 is 11.3 Å². The fourth-order valence-electron chi connectivity index (χ4n) is 2.37. The zero-order chi connectivity index (χ0) is 16.7. The second kappa shape index (κ2) is 5.72. The van der Waals surface area contributed by atoms with Gasteiger partial charge >= 0.3 is 0 Å². The summed E-state index contributed by atoms with van der Waals surface area (Å²) >= 11 is 1.27. The molecule has 0 N–H and O–H groups in total. The Labute approximate surface area is 142 Å². The third kappa shape index (κ3) is 2.62. The van der Waals surface area contributed by atoms with E-state index in [9.17, 15) is 8.42 Å². The Morgan fingerprint density at radius 3 is 2.62 bits per heavy atom. The largest absolute Gasteiger partial charge is 0.338 e. The van der Waals surface area contributed by atoms with Gasteiger partial charge < -0.3 is 4.52 Å². The zero-order valence-corrected chi connectivity index (χ0v) is 14.3. The number of sulfonamides is 1. The van der Waals surface area contributed by atoms with Gasteiger partial charge in [-0.3, -0.25) is 0 Å². The van der Waals surface area contributed by atoms with E-state index in [-0.39, 0.29) is 5.92 Å². The van der Waals surface area contributed by atoms with Crippen LogP contribution in [-0.4, -0.2) is 45.9 Å². The number of aromatic nitrogens is 4. The van der Waals surface area contributed by atoms with Crippen LogP contribution in [-0.2, 0) is 10.0 Å². The van der Waals surface area contributed by atoms with Crippen LogP contribution < -0.4 is 0 Å². The van der Waals surface area contributed by atoms with Gasteiger partial charge in [0.25, 0.3) is 10.0 Å². The van der Waals surface area contributed by atoms with E-state index >= 15 is 0 Å². The van der Waals surface area contributed by atoms with Crippen molar-refractivity contribution in [3.8, 4) is 11.6 Å². The molecule has 1 aliphatic rings. The Balaban J connectivity index is 1.47. The predicted octanol–water partition coefficient (Wildman–Crippen LogP) is 1.68. The summed E-state index contributed by atoms with van der Waals surface area (Å²) in [5.74, 6) is 0.989. The highest BCUT2D eigenvalue weighted by molar-refractivity contribution is 7.91. The van der Waals surface area contributed by atoms with E-state index < -0.39 is 10.0 Å². The van der Waals surface area contributed by atoms with Gasteiger partial charge in [0.05, 0.1) is 5.92 Å². The molecular weight excluding hydrogens is 350 g/mol. The molecule has 0 aromatic carbocycles. The lowest BCUT2D eigenvalue weighted by atomic mass is 10.0. The lowest BCUT2D eigenvalue weighted by Gasteiger charge is -2.35. The molecule has 0 atom stereocenters. The standard InChI is InChI=1S/C14H13N5O3S2/c1-9-3-4-11(23-9)24(20,21)19-7-10(8-19)14-17-13(18-22-14)12-15-5-2-6-16-12/h2-6,10H,7-8H2,1H3. The smallest absolute Gasteiger partial charge is 0.252 e. The van der Waals surface area contributed by atoms with E-state index in [0.717, 1.165) is 4.88 Å². The topological polar surface area (TPSA) is 102 Å². The average Bonchev–Trinajstić information content (AvgIpc) is 3.16. The van der Waals surface area contributed by atoms with Gasteiger partial charge in [-0.1, -0.05) is 5.16 Å². The summed E-state index contributed by atoms with van der Waals surface area (Å²) in [5, 5.41) is 3.86. The van der Waals surface area contributed by atoms with Crippen LogP contribution in [0.5, 0.6) is 0 Å². The number of thiophene rings is 1. The van der Waals surface area contributed by atoms with Gasteiger partial charge in [0.2, 0.25) is 17.5 Å². The predicted molar refractivity (Wildman–Crippen MR) is 85.9 cm³/mol. The number of nitrogens with zero attached hydrogens (tertiary/aromatic N) is 5. The van der Waals surface area contributed by atoms with E-state index in [4.69, 9.17) is 4.52 Å². The van der Waals surface area contributed by atoms with Gasteiger partial charge in [0.1, 0.15) is 4.21 Å². The highest BCUT2D eigenvalue weighted by Gasteiger charge is 2.41. The molecule has 1 aliphatic heterocycles.